The molecule has 2 rings (SSSR count). The Bertz CT molecular complexity index is 755. The van der Waals surface area contributed by atoms with Gasteiger partial charge in [0.15, 0.2) is 11.5 Å². The molecule has 0 atom stereocenters. The van der Waals surface area contributed by atoms with Crippen LogP contribution in [0.5, 0.6) is 0 Å². The number of nitrogens with zero attached hydrogens (tertiary/aromatic N) is 1. The molecule has 0 radical (unpaired) electrons. The number of carbonyl (C=O) groups excluding carboxylic acids is 1. The van der Waals surface area contributed by atoms with Crippen LogP contribution in [0, 0.1) is 6.92 Å². The van der Waals surface area contributed by atoms with Gasteiger partial charge in [0.05, 0.1) is 5.69 Å². The minimum Gasteiger partial charge on any atom is -0.481 e. The molecule has 0 unspecified atom stereocenters. The van der Waals surface area contributed by atoms with Crippen molar-refractivity contribution in [2.75, 3.05) is 5.32 Å². The van der Waals surface area contributed by atoms with Crippen LogP contribution in [-0.2, 0) is 4.79 Å². The maximum Gasteiger partial charge on any atom is 0.319 e. The fourth-order valence-corrected chi connectivity index (χ4v) is 2.59. The van der Waals surface area contributed by atoms with Gasteiger partial charge >= 0.3 is 12.0 Å². The number of benzene rings is 1. The smallest absolute Gasteiger partial charge is 0.319 e. The Morgan fingerprint density at radius 2 is 2.09 bits per heavy atom. The van der Waals surface area contributed by atoms with Gasteiger partial charge in [0.2, 0.25) is 0 Å². The fourth-order valence-electron chi connectivity index (χ4n) is 2.15. The van der Waals surface area contributed by atoms with Gasteiger partial charge in [-0.2, -0.15) is 0 Å². The monoisotopic (exact) mass is 383 g/mol. The standard InChI is InChI=1S/C15H18BrN3O4/c1-8-17-10-6-9(16)7-11(13(10)23-8)18-14(22)19-15(2,3)5-4-12(20)21/h6-7H,4-5H2,1-3H3,(H,20,21)(H2,18,19,22). The summed E-state index contributed by atoms with van der Waals surface area (Å²) in [6, 6.07) is 3.08. The minimum absolute atomic E-state index is 0.0181. The number of hydrogen-bond donors (Lipinski definition) is 3. The molecule has 0 spiro atoms. The second-order valence-corrected chi connectivity index (χ2v) is 6.81. The van der Waals surface area contributed by atoms with Gasteiger partial charge in [0, 0.05) is 23.4 Å². The number of nitrogens with one attached hydrogen (secondary N) is 2. The van der Waals surface area contributed by atoms with Gasteiger partial charge in [-0.25, -0.2) is 9.78 Å². The van der Waals surface area contributed by atoms with E-state index >= 15 is 0 Å². The summed E-state index contributed by atoms with van der Waals surface area (Å²) in [6.07, 6.45) is 0.306. The Morgan fingerprint density at radius 3 is 2.74 bits per heavy atom. The second-order valence-electron chi connectivity index (χ2n) is 5.89. The Labute approximate surface area is 141 Å². The number of carboxylic acid groups (broad SMARTS) is 1. The summed E-state index contributed by atoms with van der Waals surface area (Å²) in [5, 5.41) is 14.2. The maximum atomic E-state index is 12.2. The Morgan fingerprint density at radius 1 is 1.39 bits per heavy atom. The zero-order valence-corrected chi connectivity index (χ0v) is 14.7. The molecule has 0 aliphatic carbocycles. The summed E-state index contributed by atoms with van der Waals surface area (Å²) in [6.45, 7) is 5.27. The van der Waals surface area contributed by atoms with Gasteiger partial charge in [0.1, 0.15) is 5.52 Å². The molecule has 0 bridgehead atoms. The number of amides is 2. The van der Waals surface area contributed by atoms with Crippen molar-refractivity contribution in [3.63, 3.8) is 0 Å². The molecule has 7 nitrogen and oxygen atoms in total. The number of urea groups is 1. The molecular weight excluding hydrogens is 366 g/mol. The number of aliphatic carboxylic acids is 1. The fraction of sp³-hybridized carbons (Fsp3) is 0.400. The molecule has 124 valence electrons. The number of fused-ring (bicyclic) bond motifs is 1. The molecular formula is C15H18BrN3O4. The van der Waals surface area contributed by atoms with E-state index in [9.17, 15) is 9.59 Å². The first-order valence-corrected chi connectivity index (χ1v) is 7.83. The first-order valence-electron chi connectivity index (χ1n) is 7.04. The molecule has 0 aliphatic heterocycles. The van der Waals surface area contributed by atoms with E-state index < -0.39 is 17.5 Å². The lowest BCUT2D eigenvalue weighted by Crippen LogP contribution is -2.45. The molecule has 0 saturated heterocycles. The summed E-state index contributed by atoms with van der Waals surface area (Å²) < 4.78 is 6.27. The highest BCUT2D eigenvalue weighted by atomic mass is 79.9. The topological polar surface area (TPSA) is 104 Å². The van der Waals surface area contributed by atoms with Crippen molar-refractivity contribution in [2.45, 2.75) is 39.2 Å². The van der Waals surface area contributed by atoms with E-state index in [4.69, 9.17) is 9.52 Å². The third kappa shape index (κ3) is 4.69. The van der Waals surface area contributed by atoms with Crippen LogP contribution in [0.4, 0.5) is 10.5 Å². The third-order valence-corrected chi connectivity index (χ3v) is 3.68. The zero-order chi connectivity index (χ0) is 17.2. The second kappa shape index (κ2) is 6.57. The highest BCUT2D eigenvalue weighted by Gasteiger charge is 2.22. The predicted molar refractivity (Wildman–Crippen MR) is 89.5 cm³/mol. The van der Waals surface area contributed by atoms with E-state index in [0.29, 0.717) is 29.1 Å². The van der Waals surface area contributed by atoms with E-state index in [1.807, 2.05) is 0 Å². The number of halogens is 1. The Balaban J connectivity index is 2.12. The molecule has 3 N–H and O–H groups in total. The van der Waals surface area contributed by atoms with Crippen molar-refractivity contribution >= 4 is 44.7 Å². The van der Waals surface area contributed by atoms with Crippen LogP contribution in [-0.4, -0.2) is 27.6 Å². The van der Waals surface area contributed by atoms with Gasteiger partial charge in [-0.15, -0.1) is 0 Å². The van der Waals surface area contributed by atoms with Gasteiger partial charge < -0.3 is 20.2 Å². The number of hydrogen-bond acceptors (Lipinski definition) is 4. The average molecular weight is 384 g/mol. The number of carbonyl (C=O) groups is 2. The molecule has 0 aliphatic rings. The lowest BCUT2D eigenvalue weighted by molar-refractivity contribution is -0.137. The van der Waals surface area contributed by atoms with Gasteiger partial charge in [-0.3, -0.25) is 4.79 Å². The third-order valence-electron chi connectivity index (χ3n) is 3.23. The predicted octanol–water partition coefficient (Wildman–Crippen LogP) is 3.66. The van der Waals surface area contributed by atoms with Crippen LogP contribution < -0.4 is 10.6 Å². The summed E-state index contributed by atoms with van der Waals surface area (Å²) in [5.74, 6) is -0.394. The van der Waals surface area contributed by atoms with E-state index in [1.54, 1.807) is 32.9 Å². The van der Waals surface area contributed by atoms with E-state index in [2.05, 4.69) is 31.5 Å². The average Bonchev–Trinajstić information content (AvgIpc) is 2.76. The number of aromatic nitrogens is 1. The zero-order valence-electron chi connectivity index (χ0n) is 13.1. The van der Waals surface area contributed by atoms with Crippen LogP contribution in [0.15, 0.2) is 21.0 Å². The first kappa shape index (κ1) is 17.3. The lowest BCUT2D eigenvalue weighted by Gasteiger charge is -2.25. The van der Waals surface area contributed by atoms with Gasteiger partial charge in [0.25, 0.3) is 0 Å². The number of anilines is 1. The molecule has 0 saturated carbocycles. The van der Waals surface area contributed by atoms with Gasteiger partial charge in [-0.05, 0) is 32.4 Å². The summed E-state index contributed by atoms with van der Waals surface area (Å²) in [5.41, 5.74) is 0.966. The van der Waals surface area contributed by atoms with Crippen molar-refractivity contribution in [1.29, 1.82) is 0 Å². The number of rotatable bonds is 5. The maximum absolute atomic E-state index is 12.2. The summed E-state index contributed by atoms with van der Waals surface area (Å²) in [7, 11) is 0. The van der Waals surface area contributed by atoms with Crippen molar-refractivity contribution in [2.24, 2.45) is 0 Å². The SMILES string of the molecule is Cc1nc2cc(Br)cc(NC(=O)NC(C)(C)CCC(=O)O)c2o1. The van der Waals surface area contributed by atoms with Crippen molar-refractivity contribution < 1.29 is 19.1 Å². The van der Waals surface area contributed by atoms with E-state index in [0.717, 1.165) is 4.47 Å². The highest BCUT2D eigenvalue weighted by molar-refractivity contribution is 9.10. The van der Waals surface area contributed by atoms with E-state index in [-0.39, 0.29) is 6.42 Å². The van der Waals surface area contributed by atoms with Crippen molar-refractivity contribution in [3.8, 4) is 0 Å². The van der Waals surface area contributed by atoms with Crippen LogP contribution in [0.25, 0.3) is 11.1 Å². The number of aryl methyl sites for hydroxylation is 1. The number of oxazole rings is 1. The van der Waals surface area contributed by atoms with Crippen LogP contribution in [0.1, 0.15) is 32.6 Å². The first-order chi connectivity index (χ1) is 10.7. The van der Waals surface area contributed by atoms with E-state index in [1.165, 1.54) is 0 Å². The van der Waals surface area contributed by atoms with Crippen molar-refractivity contribution in [3.05, 3.63) is 22.5 Å². The minimum atomic E-state index is -0.897. The van der Waals surface area contributed by atoms with Crippen LogP contribution in [0.2, 0.25) is 0 Å². The lowest BCUT2D eigenvalue weighted by atomic mass is 9.99. The van der Waals surface area contributed by atoms with Gasteiger partial charge in [-0.1, -0.05) is 15.9 Å². The highest BCUT2D eigenvalue weighted by Crippen LogP contribution is 2.29. The molecule has 2 amide bonds. The quantitative estimate of drug-likeness (QED) is 0.730. The molecule has 0 fully saturated rings. The molecule has 1 heterocycles. The summed E-state index contributed by atoms with van der Waals surface area (Å²) >= 11 is 3.37. The Hall–Kier alpha value is -2.09. The Kier molecular flexibility index (Phi) is 4.93. The largest absolute Gasteiger partial charge is 0.481 e. The molecule has 8 heteroatoms. The molecule has 2 aromatic rings. The van der Waals surface area contributed by atoms with Crippen LogP contribution in [0.3, 0.4) is 0 Å². The van der Waals surface area contributed by atoms with Crippen molar-refractivity contribution in [1.82, 2.24) is 10.3 Å². The number of carboxylic acids is 1. The summed E-state index contributed by atoms with van der Waals surface area (Å²) in [4.78, 5) is 27.1. The molecule has 1 aromatic carbocycles. The van der Waals surface area contributed by atoms with Crippen LogP contribution >= 0.6 is 15.9 Å². The normalized spacial score (nSPS) is 11.5. The molecule has 23 heavy (non-hydrogen) atoms. The molecule has 1 aromatic heterocycles.